The molecule has 0 spiro atoms. The Hall–Kier alpha value is -3.48. The SMILES string of the molecule is CCOc1ccc(NC(=O)c2cncc(Nc3ccc(F)c(F)c3)c2)cc1. The van der Waals surface area contributed by atoms with Crippen molar-refractivity contribution in [3.05, 3.63) is 78.1 Å². The third kappa shape index (κ3) is 4.78. The number of carbonyl (C=O) groups excluding carboxylic acids is 1. The molecule has 0 aliphatic heterocycles. The van der Waals surface area contributed by atoms with E-state index in [0.29, 0.717) is 29.2 Å². The lowest BCUT2D eigenvalue weighted by Crippen LogP contribution is -2.12. The van der Waals surface area contributed by atoms with Crippen molar-refractivity contribution >= 4 is 23.0 Å². The molecule has 3 rings (SSSR count). The molecule has 2 N–H and O–H groups in total. The van der Waals surface area contributed by atoms with E-state index in [1.54, 1.807) is 30.3 Å². The number of carbonyl (C=O) groups is 1. The maximum Gasteiger partial charge on any atom is 0.257 e. The second kappa shape index (κ2) is 8.27. The van der Waals surface area contributed by atoms with Gasteiger partial charge in [-0.05, 0) is 49.4 Å². The predicted molar refractivity (Wildman–Crippen MR) is 99.4 cm³/mol. The third-order valence-corrected chi connectivity index (χ3v) is 3.63. The van der Waals surface area contributed by atoms with Crippen molar-refractivity contribution in [2.75, 3.05) is 17.2 Å². The molecule has 0 saturated carbocycles. The van der Waals surface area contributed by atoms with E-state index in [2.05, 4.69) is 15.6 Å². The molecule has 7 heteroatoms. The molecule has 0 radical (unpaired) electrons. The lowest BCUT2D eigenvalue weighted by molar-refractivity contribution is 0.102. The van der Waals surface area contributed by atoms with Crippen LogP contribution in [0.25, 0.3) is 0 Å². The number of pyridine rings is 1. The number of benzene rings is 2. The highest BCUT2D eigenvalue weighted by Gasteiger charge is 2.09. The van der Waals surface area contributed by atoms with E-state index >= 15 is 0 Å². The van der Waals surface area contributed by atoms with Gasteiger partial charge in [0.05, 0.1) is 24.1 Å². The number of hydrogen-bond acceptors (Lipinski definition) is 4. The van der Waals surface area contributed by atoms with Crippen LogP contribution in [0.3, 0.4) is 0 Å². The van der Waals surface area contributed by atoms with Gasteiger partial charge in [-0.25, -0.2) is 8.78 Å². The van der Waals surface area contributed by atoms with Gasteiger partial charge in [-0.15, -0.1) is 0 Å². The summed E-state index contributed by atoms with van der Waals surface area (Å²) in [6.07, 6.45) is 2.90. The minimum absolute atomic E-state index is 0.316. The van der Waals surface area contributed by atoms with E-state index in [-0.39, 0.29) is 5.91 Å². The molecule has 5 nitrogen and oxygen atoms in total. The van der Waals surface area contributed by atoms with Crippen molar-refractivity contribution in [1.29, 1.82) is 0 Å². The van der Waals surface area contributed by atoms with Gasteiger partial charge in [0.15, 0.2) is 11.6 Å². The summed E-state index contributed by atoms with van der Waals surface area (Å²) in [6.45, 7) is 2.46. The Morgan fingerprint density at radius 2 is 1.70 bits per heavy atom. The number of ether oxygens (including phenoxy) is 1. The molecule has 0 bridgehead atoms. The number of amides is 1. The van der Waals surface area contributed by atoms with Crippen molar-refractivity contribution in [2.45, 2.75) is 6.92 Å². The monoisotopic (exact) mass is 369 g/mol. The Morgan fingerprint density at radius 1 is 0.963 bits per heavy atom. The highest BCUT2D eigenvalue weighted by atomic mass is 19.2. The Kier molecular flexibility index (Phi) is 5.61. The van der Waals surface area contributed by atoms with Gasteiger partial charge in [-0.2, -0.15) is 0 Å². The molecule has 0 aliphatic rings. The van der Waals surface area contributed by atoms with Crippen molar-refractivity contribution in [3.63, 3.8) is 0 Å². The summed E-state index contributed by atoms with van der Waals surface area (Å²) < 4.78 is 31.7. The van der Waals surface area contributed by atoms with E-state index in [1.165, 1.54) is 18.5 Å². The normalized spacial score (nSPS) is 10.3. The Balaban J connectivity index is 1.70. The first kappa shape index (κ1) is 18.3. The molecule has 0 saturated heterocycles. The first-order valence-electron chi connectivity index (χ1n) is 8.26. The van der Waals surface area contributed by atoms with E-state index in [0.717, 1.165) is 17.9 Å². The molecule has 27 heavy (non-hydrogen) atoms. The molecule has 2 aromatic carbocycles. The van der Waals surface area contributed by atoms with E-state index in [1.807, 2.05) is 6.92 Å². The number of halogens is 2. The molecule has 0 unspecified atom stereocenters. The van der Waals surface area contributed by atoms with Gasteiger partial charge in [0.2, 0.25) is 0 Å². The van der Waals surface area contributed by atoms with Gasteiger partial charge in [-0.1, -0.05) is 0 Å². The highest BCUT2D eigenvalue weighted by molar-refractivity contribution is 6.04. The zero-order valence-corrected chi connectivity index (χ0v) is 14.5. The lowest BCUT2D eigenvalue weighted by Gasteiger charge is -2.09. The van der Waals surface area contributed by atoms with Gasteiger partial charge in [-0.3, -0.25) is 9.78 Å². The fourth-order valence-corrected chi connectivity index (χ4v) is 2.38. The zero-order chi connectivity index (χ0) is 19.2. The van der Waals surface area contributed by atoms with Crippen molar-refractivity contribution < 1.29 is 18.3 Å². The topological polar surface area (TPSA) is 63.2 Å². The number of rotatable bonds is 6. The first-order valence-corrected chi connectivity index (χ1v) is 8.26. The largest absolute Gasteiger partial charge is 0.494 e. The van der Waals surface area contributed by atoms with Crippen LogP contribution in [-0.2, 0) is 0 Å². The molecular weight excluding hydrogens is 352 g/mol. The molecule has 1 heterocycles. The van der Waals surface area contributed by atoms with Crippen molar-refractivity contribution in [2.24, 2.45) is 0 Å². The van der Waals surface area contributed by atoms with Crippen LogP contribution < -0.4 is 15.4 Å². The van der Waals surface area contributed by atoms with Gasteiger partial charge in [0.25, 0.3) is 5.91 Å². The number of nitrogens with one attached hydrogen (secondary N) is 2. The molecular formula is C20H17F2N3O2. The number of nitrogens with zero attached hydrogens (tertiary/aromatic N) is 1. The molecule has 1 amide bonds. The van der Waals surface area contributed by atoms with Crippen LogP contribution >= 0.6 is 0 Å². The summed E-state index contributed by atoms with van der Waals surface area (Å²) in [5, 5.41) is 5.65. The summed E-state index contributed by atoms with van der Waals surface area (Å²) in [7, 11) is 0. The maximum atomic E-state index is 13.3. The Labute approximate surface area is 155 Å². The Bertz CT molecular complexity index is 946. The van der Waals surface area contributed by atoms with Crippen LogP contribution in [0, 0.1) is 11.6 Å². The van der Waals surface area contributed by atoms with E-state index in [9.17, 15) is 13.6 Å². The lowest BCUT2D eigenvalue weighted by atomic mass is 10.2. The van der Waals surface area contributed by atoms with Gasteiger partial charge in [0.1, 0.15) is 5.75 Å². The average molecular weight is 369 g/mol. The summed E-state index contributed by atoms with van der Waals surface area (Å²) in [5.74, 6) is -1.52. The van der Waals surface area contributed by atoms with Crippen LogP contribution in [0.2, 0.25) is 0 Å². The molecule has 0 atom stereocenters. The van der Waals surface area contributed by atoms with Crippen LogP contribution in [0.15, 0.2) is 60.9 Å². The highest BCUT2D eigenvalue weighted by Crippen LogP contribution is 2.20. The molecule has 3 aromatic rings. The zero-order valence-electron chi connectivity index (χ0n) is 14.5. The summed E-state index contributed by atoms with van der Waals surface area (Å²) in [5.41, 5.74) is 1.75. The van der Waals surface area contributed by atoms with Gasteiger partial charge >= 0.3 is 0 Å². The summed E-state index contributed by atoms with van der Waals surface area (Å²) >= 11 is 0. The predicted octanol–water partition coefficient (Wildman–Crippen LogP) is 4.75. The van der Waals surface area contributed by atoms with Crippen molar-refractivity contribution in [1.82, 2.24) is 4.98 Å². The summed E-state index contributed by atoms with van der Waals surface area (Å²) in [6, 6.07) is 12.0. The quantitative estimate of drug-likeness (QED) is 0.658. The van der Waals surface area contributed by atoms with Gasteiger partial charge < -0.3 is 15.4 Å². The van der Waals surface area contributed by atoms with E-state index in [4.69, 9.17) is 4.74 Å². The maximum absolute atomic E-state index is 13.3. The number of hydrogen-bond donors (Lipinski definition) is 2. The second-order valence-corrected chi connectivity index (χ2v) is 5.63. The smallest absolute Gasteiger partial charge is 0.257 e. The minimum atomic E-state index is -0.961. The summed E-state index contributed by atoms with van der Waals surface area (Å²) in [4.78, 5) is 16.4. The molecule has 1 aromatic heterocycles. The fourth-order valence-electron chi connectivity index (χ4n) is 2.38. The van der Waals surface area contributed by atoms with Crippen LogP contribution in [0.1, 0.15) is 17.3 Å². The number of aromatic nitrogens is 1. The van der Waals surface area contributed by atoms with Crippen LogP contribution in [-0.4, -0.2) is 17.5 Å². The fraction of sp³-hybridized carbons (Fsp3) is 0.100. The first-order chi connectivity index (χ1) is 13.0. The van der Waals surface area contributed by atoms with Crippen LogP contribution in [0.5, 0.6) is 5.75 Å². The van der Waals surface area contributed by atoms with Gasteiger partial charge in [0, 0.05) is 23.6 Å². The van der Waals surface area contributed by atoms with E-state index < -0.39 is 11.6 Å². The van der Waals surface area contributed by atoms with Crippen molar-refractivity contribution in [3.8, 4) is 5.75 Å². The Morgan fingerprint density at radius 3 is 2.41 bits per heavy atom. The number of anilines is 3. The molecule has 138 valence electrons. The standard InChI is InChI=1S/C20H17F2N3O2/c1-2-27-17-6-3-14(4-7-17)25-20(26)13-9-16(12-23-11-13)24-15-5-8-18(21)19(22)10-15/h3-12,24H,2H2,1H3,(H,25,26). The average Bonchev–Trinajstić information content (AvgIpc) is 2.67. The van der Waals surface area contributed by atoms with Crippen LogP contribution in [0.4, 0.5) is 25.8 Å². The second-order valence-electron chi connectivity index (χ2n) is 5.63. The minimum Gasteiger partial charge on any atom is -0.494 e. The molecule has 0 fully saturated rings. The third-order valence-electron chi connectivity index (χ3n) is 3.63. The molecule has 0 aliphatic carbocycles.